The number of halogens is 3. The maximum atomic E-state index is 14.6. The van der Waals surface area contributed by atoms with E-state index >= 15 is 0 Å². The van der Waals surface area contributed by atoms with Gasteiger partial charge in [0.25, 0.3) is 0 Å². The molecule has 6 heteroatoms. The monoisotopic (exact) mass is 450 g/mol. The molecule has 1 aliphatic rings. The van der Waals surface area contributed by atoms with Crippen LogP contribution in [0.15, 0.2) is 60.7 Å². The summed E-state index contributed by atoms with van der Waals surface area (Å²) in [4.78, 5) is 3.25. The topological polar surface area (TPSA) is 48.0 Å². The van der Waals surface area contributed by atoms with Gasteiger partial charge in [-0.2, -0.15) is 0 Å². The third-order valence-corrected chi connectivity index (χ3v) is 6.56. The first-order valence-corrected chi connectivity index (χ1v) is 11.2. The van der Waals surface area contributed by atoms with E-state index < -0.39 is 6.10 Å². The summed E-state index contributed by atoms with van der Waals surface area (Å²) in [7, 11) is 0. The molecule has 5 rings (SSSR count). The van der Waals surface area contributed by atoms with E-state index in [1.165, 1.54) is 24.3 Å². The Morgan fingerprint density at radius 3 is 2.48 bits per heavy atom. The van der Waals surface area contributed by atoms with E-state index in [4.69, 9.17) is 0 Å². The van der Waals surface area contributed by atoms with Gasteiger partial charge < -0.3 is 15.4 Å². The average molecular weight is 451 g/mol. The first kappa shape index (κ1) is 21.7. The van der Waals surface area contributed by atoms with Gasteiger partial charge in [0.1, 0.15) is 17.5 Å². The number of aromatic nitrogens is 1. The molecular weight excluding hydrogens is 425 g/mol. The molecule has 1 aliphatic heterocycles. The number of fused-ring (bicyclic) bond motifs is 3. The minimum atomic E-state index is -0.629. The molecule has 170 valence electrons. The number of hydrogen-bond donors (Lipinski definition) is 3. The minimum absolute atomic E-state index is 0.186. The molecule has 3 N–H and O–H groups in total. The highest BCUT2D eigenvalue weighted by Gasteiger charge is 2.25. The lowest BCUT2D eigenvalue weighted by Gasteiger charge is -2.25. The van der Waals surface area contributed by atoms with Crippen LogP contribution in [0.2, 0.25) is 0 Å². The van der Waals surface area contributed by atoms with Crippen LogP contribution in [0.4, 0.5) is 13.2 Å². The van der Waals surface area contributed by atoms with Crippen LogP contribution in [0.25, 0.3) is 22.0 Å². The zero-order chi connectivity index (χ0) is 22.9. The van der Waals surface area contributed by atoms with Gasteiger partial charge in [0.15, 0.2) is 0 Å². The van der Waals surface area contributed by atoms with Crippen LogP contribution in [0.1, 0.15) is 42.2 Å². The fourth-order valence-electron chi connectivity index (χ4n) is 4.84. The SMILES string of the molecule is OC(CCCC1Cc2[nH]c3c(F)ccc(-c4ccccc4F)c3c2CN1)c1ccc(F)cc1. The number of nitrogens with one attached hydrogen (secondary N) is 2. The van der Waals surface area contributed by atoms with Crippen molar-refractivity contribution < 1.29 is 18.3 Å². The first-order valence-electron chi connectivity index (χ1n) is 11.2. The highest BCUT2D eigenvalue weighted by Crippen LogP contribution is 2.37. The Morgan fingerprint density at radius 2 is 1.70 bits per heavy atom. The molecule has 3 aromatic carbocycles. The van der Waals surface area contributed by atoms with Crippen LogP contribution >= 0.6 is 0 Å². The molecule has 3 nitrogen and oxygen atoms in total. The number of aliphatic hydroxyl groups is 1. The predicted octanol–water partition coefficient (Wildman–Crippen LogP) is 6.17. The highest BCUT2D eigenvalue weighted by atomic mass is 19.1. The number of benzene rings is 3. The minimum Gasteiger partial charge on any atom is -0.388 e. The summed E-state index contributed by atoms with van der Waals surface area (Å²) in [6, 6.07) is 15.7. The molecule has 33 heavy (non-hydrogen) atoms. The van der Waals surface area contributed by atoms with Crippen molar-refractivity contribution in [2.24, 2.45) is 0 Å². The molecule has 0 aliphatic carbocycles. The van der Waals surface area contributed by atoms with Crippen molar-refractivity contribution in [3.8, 4) is 11.1 Å². The maximum absolute atomic E-state index is 14.6. The lowest BCUT2D eigenvalue weighted by atomic mass is 9.93. The van der Waals surface area contributed by atoms with Crippen molar-refractivity contribution in [3.05, 3.63) is 94.9 Å². The molecule has 0 fully saturated rings. The molecule has 1 aromatic heterocycles. The van der Waals surface area contributed by atoms with Crippen molar-refractivity contribution in [3.63, 3.8) is 0 Å². The molecule has 0 saturated heterocycles. The predicted molar refractivity (Wildman–Crippen MR) is 123 cm³/mol. The lowest BCUT2D eigenvalue weighted by molar-refractivity contribution is 0.161. The zero-order valence-electron chi connectivity index (χ0n) is 18.0. The van der Waals surface area contributed by atoms with E-state index in [0.717, 1.165) is 29.5 Å². The molecule has 2 unspecified atom stereocenters. The van der Waals surface area contributed by atoms with E-state index in [-0.39, 0.29) is 23.5 Å². The summed E-state index contributed by atoms with van der Waals surface area (Å²) >= 11 is 0. The summed E-state index contributed by atoms with van der Waals surface area (Å²) in [5.41, 5.74) is 4.21. The second-order valence-electron chi connectivity index (χ2n) is 8.69. The Bertz CT molecular complexity index is 1280. The van der Waals surface area contributed by atoms with Crippen molar-refractivity contribution in [1.82, 2.24) is 10.3 Å². The number of aromatic amines is 1. The van der Waals surface area contributed by atoms with E-state index in [1.54, 1.807) is 36.4 Å². The van der Waals surface area contributed by atoms with Crippen molar-refractivity contribution in [1.29, 1.82) is 0 Å². The van der Waals surface area contributed by atoms with E-state index in [1.807, 2.05) is 0 Å². The van der Waals surface area contributed by atoms with Gasteiger partial charge >= 0.3 is 0 Å². The highest BCUT2D eigenvalue weighted by molar-refractivity contribution is 5.99. The average Bonchev–Trinajstić information content (AvgIpc) is 3.20. The smallest absolute Gasteiger partial charge is 0.147 e. The molecule has 2 atom stereocenters. The first-order chi connectivity index (χ1) is 16.0. The fourth-order valence-corrected chi connectivity index (χ4v) is 4.84. The molecule has 4 aromatic rings. The third-order valence-electron chi connectivity index (χ3n) is 6.56. The third kappa shape index (κ3) is 4.28. The Kier molecular flexibility index (Phi) is 5.96. The summed E-state index contributed by atoms with van der Waals surface area (Å²) in [6.45, 7) is 0.561. The second kappa shape index (κ2) is 9.04. The molecule has 0 amide bonds. The van der Waals surface area contributed by atoms with E-state index in [9.17, 15) is 18.3 Å². The quantitative estimate of drug-likeness (QED) is 0.329. The van der Waals surface area contributed by atoms with E-state index in [2.05, 4.69) is 10.3 Å². The molecule has 2 heterocycles. The van der Waals surface area contributed by atoms with Crippen molar-refractivity contribution >= 4 is 10.9 Å². The molecule has 0 spiro atoms. The van der Waals surface area contributed by atoms with Gasteiger partial charge in [0.2, 0.25) is 0 Å². The van der Waals surface area contributed by atoms with Crippen molar-refractivity contribution in [2.45, 2.75) is 44.4 Å². The maximum Gasteiger partial charge on any atom is 0.147 e. The van der Waals surface area contributed by atoms with Crippen LogP contribution in [0.5, 0.6) is 0 Å². The lowest BCUT2D eigenvalue weighted by Crippen LogP contribution is -2.35. The van der Waals surface area contributed by atoms with Crippen LogP contribution < -0.4 is 5.32 Å². The number of H-pyrrole nitrogens is 1. The largest absolute Gasteiger partial charge is 0.388 e. The standard InChI is InChI=1S/C27H25F3N2O/c28-17-10-8-16(9-11-17)25(33)7-3-4-18-14-24-21(15-31-18)26-20(12-13-23(30)27(26)32-24)19-5-1-2-6-22(19)29/h1-2,5-6,8-13,18,25,31-33H,3-4,7,14-15H2. The summed E-state index contributed by atoms with van der Waals surface area (Å²) < 4.78 is 42.2. The fraction of sp³-hybridized carbons (Fsp3) is 0.259. The molecule has 0 saturated carbocycles. The van der Waals surface area contributed by atoms with Gasteiger partial charge in [0, 0.05) is 35.7 Å². The van der Waals surface area contributed by atoms with Crippen LogP contribution in [-0.4, -0.2) is 16.1 Å². The summed E-state index contributed by atoms with van der Waals surface area (Å²) in [6.07, 6.45) is 2.29. The van der Waals surface area contributed by atoms with E-state index in [0.29, 0.717) is 41.6 Å². The van der Waals surface area contributed by atoms with Gasteiger partial charge in [-0.25, -0.2) is 13.2 Å². The Morgan fingerprint density at radius 1 is 0.909 bits per heavy atom. The number of rotatable bonds is 6. The Balaban J connectivity index is 1.32. The van der Waals surface area contributed by atoms with Gasteiger partial charge in [-0.15, -0.1) is 0 Å². The van der Waals surface area contributed by atoms with Gasteiger partial charge in [-0.05, 0) is 60.2 Å². The van der Waals surface area contributed by atoms with Crippen LogP contribution in [-0.2, 0) is 13.0 Å². The zero-order valence-corrected chi connectivity index (χ0v) is 18.0. The Labute approximate surface area is 190 Å². The van der Waals surface area contributed by atoms with Crippen LogP contribution in [0, 0.1) is 17.5 Å². The second-order valence-corrected chi connectivity index (χ2v) is 8.69. The summed E-state index contributed by atoms with van der Waals surface area (Å²) in [5, 5.41) is 14.6. The number of hydrogen-bond acceptors (Lipinski definition) is 2. The Hall–Kier alpha value is -3.09. The normalized spacial score (nSPS) is 16.7. The van der Waals surface area contributed by atoms with Gasteiger partial charge in [-0.3, -0.25) is 0 Å². The van der Waals surface area contributed by atoms with Gasteiger partial charge in [0.05, 0.1) is 11.6 Å². The van der Waals surface area contributed by atoms with Crippen LogP contribution in [0.3, 0.4) is 0 Å². The summed E-state index contributed by atoms with van der Waals surface area (Å²) in [5.74, 6) is -0.999. The van der Waals surface area contributed by atoms with Gasteiger partial charge in [-0.1, -0.05) is 36.4 Å². The molecule has 0 bridgehead atoms. The molecule has 0 radical (unpaired) electrons. The molecular formula is C27H25F3N2O. The van der Waals surface area contributed by atoms with Crippen molar-refractivity contribution in [2.75, 3.05) is 0 Å². The number of aliphatic hydroxyl groups excluding tert-OH is 1.